The van der Waals surface area contributed by atoms with E-state index in [1.165, 1.54) is 25.7 Å². The van der Waals surface area contributed by atoms with E-state index >= 15 is 0 Å². The first-order valence-electron chi connectivity index (χ1n) is 19.7. The molecule has 0 spiro atoms. The van der Waals surface area contributed by atoms with Crippen LogP contribution in [0.3, 0.4) is 0 Å². The summed E-state index contributed by atoms with van der Waals surface area (Å²) in [6.07, 6.45) is 20.3. The Balaban J connectivity index is 4.62. The Kier molecular flexibility index (Phi) is 35.2. The van der Waals surface area contributed by atoms with Gasteiger partial charge in [0, 0.05) is 62.2 Å². The van der Waals surface area contributed by atoms with E-state index in [0.29, 0.717) is 10.5 Å². The lowest BCUT2D eigenvalue weighted by molar-refractivity contribution is 0.0550. The summed E-state index contributed by atoms with van der Waals surface area (Å²) in [5.41, 5.74) is 0. The zero-order valence-electron chi connectivity index (χ0n) is 32.2. The van der Waals surface area contributed by atoms with E-state index in [-0.39, 0.29) is 0 Å². The fourth-order valence-corrected chi connectivity index (χ4v) is 15.4. The molecular formula is C36H78O6S3Si2. The summed E-state index contributed by atoms with van der Waals surface area (Å²) in [7, 11) is 0.827. The van der Waals surface area contributed by atoms with Crippen molar-refractivity contribution in [3.8, 4) is 0 Å². The molecule has 0 amide bonds. The Morgan fingerprint density at radius 3 is 0.872 bits per heavy atom. The Bertz CT molecular complexity index is 551. The number of rotatable bonds is 38. The minimum Gasteiger partial charge on any atom is -0.373 e. The zero-order valence-corrected chi connectivity index (χ0v) is 36.7. The largest absolute Gasteiger partial charge is 0.500 e. The van der Waals surface area contributed by atoms with Gasteiger partial charge in [0.25, 0.3) is 0 Å². The van der Waals surface area contributed by atoms with Gasteiger partial charge in [0.15, 0.2) is 0 Å². The van der Waals surface area contributed by atoms with Crippen LogP contribution in [0.25, 0.3) is 0 Å². The van der Waals surface area contributed by atoms with Gasteiger partial charge >= 0.3 is 17.6 Å². The van der Waals surface area contributed by atoms with Crippen molar-refractivity contribution in [1.82, 2.24) is 0 Å². The van der Waals surface area contributed by atoms with E-state index in [9.17, 15) is 0 Å². The van der Waals surface area contributed by atoms with E-state index in [1.54, 1.807) is 0 Å². The summed E-state index contributed by atoms with van der Waals surface area (Å²) in [4.78, 5) is 0. The summed E-state index contributed by atoms with van der Waals surface area (Å²) in [6.45, 7) is 22.6. The Labute approximate surface area is 307 Å². The second-order valence-corrected chi connectivity index (χ2v) is 23.3. The molecule has 0 bridgehead atoms. The number of hydrogen-bond donors (Lipinski definition) is 0. The van der Waals surface area contributed by atoms with Crippen LogP contribution in [0.2, 0.25) is 12.1 Å². The molecule has 0 aromatic rings. The lowest BCUT2D eigenvalue weighted by Gasteiger charge is -2.30. The van der Waals surface area contributed by atoms with Gasteiger partial charge in [0.1, 0.15) is 0 Å². The molecule has 284 valence electrons. The molecule has 0 radical (unpaired) electrons. The lowest BCUT2D eigenvalue weighted by atomic mass is 10.2. The Morgan fingerprint density at radius 1 is 0.383 bits per heavy atom. The first kappa shape index (κ1) is 48.2. The highest BCUT2D eigenvalue weighted by Gasteiger charge is 2.41. The van der Waals surface area contributed by atoms with Crippen molar-refractivity contribution < 1.29 is 26.6 Å². The molecule has 11 heteroatoms. The molecule has 0 heterocycles. The van der Waals surface area contributed by atoms with Gasteiger partial charge in [0.2, 0.25) is 0 Å². The van der Waals surface area contributed by atoms with Crippen LogP contribution in [0.4, 0.5) is 0 Å². The molecule has 2 atom stereocenters. The average Bonchev–Trinajstić information content (AvgIpc) is 3.06. The van der Waals surface area contributed by atoms with Gasteiger partial charge in [-0.1, -0.05) is 128 Å². The summed E-state index contributed by atoms with van der Waals surface area (Å²) in [5, 5.41) is 1.26. The molecule has 0 aromatic heterocycles. The first-order chi connectivity index (χ1) is 22.9. The quantitative estimate of drug-likeness (QED) is 0.0348. The summed E-state index contributed by atoms with van der Waals surface area (Å²) >= 11 is 0. The molecule has 6 nitrogen and oxygen atoms in total. The van der Waals surface area contributed by atoms with E-state index < -0.39 is 17.6 Å². The van der Waals surface area contributed by atoms with Crippen molar-refractivity contribution in [3.63, 3.8) is 0 Å². The third-order valence-corrected chi connectivity index (χ3v) is 19.0. The van der Waals surface area contributed by atoms with Gasteiger partial charge in [-0.2, -0.15) is 0 Å². The molecule has 2 unspecified atom stereocenters. The highest BCUT2D eigenvalue weighted by atomic mass is 33.5. The third-order valence-electron chi connectivity index (χ3n) is 8.01. The van der Waals surface area contributed by atoms with Crippen LogP contribution in [0, 0.1) is 0 Å². The molecule has 0 N–H and O–H groups in total. The van der Waals surface area contributed by atoms with E-state index in [1.807, 2.05) is 31.4 Å². The molecule has 0 saturated carbocycles. The van der Waals surface area contributed by atoms with Crippen LogP contribution in [0.15, 0.2) is 0 Å². The van der Waals surface area contributed by atoms with Crippen LogP contribution in [-0.4, -0.2) is 67.8 Å². The topological polar surface area (TPSA) is 55.4 Å². The minimum atomic E-state index is -2.61. The third kappa shape index (κ3) is 27.6. The summed E-state index contributed by atoms with van der Waals surface area (Å²) < 4.78 is 38.7. The van der Waals surface area contributed by atoms with Crippen LogP contribution in [0.1, 0.15) is 171 Å². The number of unbranched alkanes of at least 4 members (excludes halogenated alkanes) is 8. The van der Waals surface area contributed by atoms with Crippen molar-refractivity contribution in [2.24, 2.45) is 0 Å². The monoisotopic (exact) mass is 758 g/mol. The molecular weight excluding hydrogens is 681 g/mol. The Hall–Kier alpha value is 1.24. The van der Waals surface area contributed by atoms with Crippen molar-refractivity contribution in [2.45, 2.75) is 194 Å². The second kappa shape index (κ2) is 34.3. The molecule has 0 aliphatic carbocycles. The molecule has 0 aliphatic heterocycles. The van der Waals surface area contributed by atoms with E-state index in [2.05, 4.69) is 55.4 Å². The number of hydrogen-bond acceptors (Lipinski definition) is 9. The molecule has 0 fully saturated rings. The Morgan fingerprint density at radius 2 is 0.638 bits per heavy atom. The van der Waals surface area contributed by atoms with Crippen LogP contribution < -0.4 is 0 Å². The molecule has 47 heavy (non-hydrogen) atoms. The predicted molar refractivity (Wildman–Crippen MR) is 216 cm³/mol. The van der Waals surface area contributed by atoms with E-state index in [0.717, 1.165) is 142 Å². The highest BCUT2D eigenvalue weighted by Crippen LogP contribution is 2.42. The van der Waals surface area contributed by atoms with Crippen LogP contribution >= 0.6 is 31.4 Å². The minimum absolute atomic E-state index is 0.631. The fourth-order valence-electron chi connectivity index (χ4n) is 4.71. The molecule has 0 aromatic carbocycles. The predicted octanol–water partition coefficient (Wildman–Crippen LogP) is 12.9. The van der Waals surface area contributed by atoms with Gasteiger partial charge in [-0.25, -0.2) is 0 Å². The first-order valence-corrected chi connectivity index (χ1v) is 27.2. The van der Waals surface area contributed by atoms with E-state index in [4.69, 9.17) is 26.6 Å². The molecule has 0 saturated heterocycles. The normalized spacial score (nSPS) is 13.8. The van der Waals surface area contributed by atoms with Gasteiger partial charge in [-0.15, -0.1) is 0 Å². The zero-order chi connectivity index (χ0) is 34.9. The highest BCUT2D eigenvalue weighted by molar-refractivity contribution is 9.09. The standard InChI is InChI=1S/C36H78O6S3Si2/c1-9-15-27-37-46(38-28-16-10-2,39-29-17-11-3)33-23-21-25-35(7)43-45-44-36(8)26-22-24-34-47(40-30-18-12-4,41-31-19-13-5)42-32-20-14-6/h35-36H,9-34H2,1-8H3. The summed E-state index contributed by atoms with van der Waals surface area (Å²) in [5.74, 6) is 0. The van der Waals surface area contributed by atoms with Gasteiger partial charge in [0.05, 0.1) is 0 Å². The van der Waals surface area contributed by atoms with Crippen LogP contribution in [-0.2, 0) is 26.6 Å². The van der Waals surface area contributed by atoms with Gasteiger partial charge in [-0.05, 0) is 74.0 Å². The maximum atomic E-state index is 6.45. The van der Waals surface area contributed by atoms with Crippen LogP contribution in [0.5, 0.6) is 0 Å². The smallest absolute Gasteiger partial charge is 0.373 e. The molecule has 0 rings (SSSR count). The van der Waals surface area contributed by atoms with Crippen molar-refractivity contribution in [1.29, 1.82) is 0 Å². The lowest BCUT2D eigenvalue weighted by Crippen LogP contribution is -2.46. The maximum absolute atomic E-state index is 6.45. The second-order valence-electron chi connectivity index (χ2n) is 13.0. The SMILES string of the molecule is CCCCO[Si](CCCCC(C)SSSC(C)CCCC[Si](OCCCC)(OCCCC)OCCCC)(OCCCC)OCCCC. The molecule has 0 aliphatic rings. The van der Waals surface area contributed by atoms with Crippen molar-refractivity contribution in [3.05, 3.63) is 0 Å². The van der Waals surface area contributed by atoms with Crippen molar-refractivity contribution >= 4 is 49.0 Å². The summed E-state index contributed by atoms with van der Waals surface area (Å²) in [6, 6.07) is 1.89. The fraction of sp³-hybridized carbons (Fsp3) is 1.00. The van der Waals surface area contributed by atoms with Gasteiger partial charge in [-0.3, -0.25) is 0 Å². The average molecular weight is 759 g/mol. The maximum Gasteiger partial charge on any atom is 0.500 e. The van der Waals surface area contributed by atoms with Crippen molar-refractivity contribution in [2.75, 3.05) is 39.6 Å². The van der Waals surface area contributed by atoms with Gasteiger partial charge < -0.3 is 26.6 Å².